The van der Waals surface area contributed by atoms with Crippen molar-refractivity contribution in [2.24, 2.45) is 0 Å². The second-order valence-electron chi connectivity index (χ2n) is 7.70. The van der Waals surface area contributed by atoms with Crippen LogP contribution in [-0.2, 0) is 35.6 Å². The van der Waals surface area contributed by atoms with Gasteiger partial charge in [-0.05, 0) is 47.9 Å². The maximum absolute atomic E-state index is 13.6. The smallest absolute Gasteiger partial charge is 0.481 e. The molecule has 194 valence electrons. The van der Waals surface area contributed by atoms with Crippen LogP contribution in [0.1, 0.15) is 16.7 Å². The molecule has 0 aliphatic carbocycles. The van der Waals surface area contributed by atoms with Gasteiger partial charge in [-0.2, -0.15) is 13.2 Å². The maximum atomic E-state index is 13.6. The Balaban J connectivity index is 2.31. The minimum atomic E-state index is -5.91. The summed E-state index contributed by atoms with van der Waals surface area (Å²) in [6.45, 7) is 0.846. The number of sulfone groups is 2. The molecule has 0 fully saturated rings. The predicted molar refractivity (Wildman–Crippen MR) is 125 cm³/mol. The summed E-state index contributed by atoms with van der Waals surface area (Å²) in [4.78, 5) is 15.3. The molecule has 0 saturated carbocycles. The summed E-state index contributed by atoms with van der Waals surface area (Å²) in [5, 5.41) is -1.27. The third-order valence-electron chi connectivity index (χ3n) is 5.25. The van der Waals surface area contributed by atoms with Gasteiger partial charge in [0.25, 0.3) is 9.84 Å². The Hall–Kier alpha value is -2.90. The van der Waals surface area contributed by atoms with Crippen molar-refractivity contribution < 1.29 is 44.3 Å². The predicted octanol–water partition coefficient (Wildman–Crippen LogP) is 4.04. The first-order valence-electron chi connectivity index (χ1n) is 9.99. The number of carbonyl (C=O) groups excluding carboxylic acids is 1. The molecular formula is C22H19ClF3NO7S2. The molecule has 0 amide bonds. The second-order valence-corrected chi connectivity index (χ2v) is 12.0. The van der Waals surface area contributed by atoms with Gasteiger partial charge in [0.05, 0.1) is 22.5 Å². The normalized spacial score (nSPS) is 12.5. The third-order valence-corrected chi connectivity index (χ3v) is 8.14. The minimum Gasteiger partial charge on any atom is -0.481 e. The number of aromatic nitrogens is 1. The lowest BCUT2D eigenvalue weighted by atomic mass is 9.98. The van der Waals surface area contributed by atoms with Gasteiger partial charge in [0.15, 0.2) is 21.5 Å². The van der Waals surface area contributed by atoms with Crippen LogP contribution in [0.3, 0.4) is 0 Å². The van der Waals surface area contributed by atoms with Crippen molar-refractivity contribution >= 4 is 48.1 Å². The van der Waals surface area contributed by atoms with E-state index in [1.54, 1.807) is 0 Å². The van der Waals surface area contributed by atoms with E-state index in [0.717, 1.165) is 13.4 Å². The molecule has 2 aromatic carbocycles. The van der Waals surface area contributed by atoms with Gasteiger partial charge in [-0.15, -0.1) is 0 Å². The first-order chi connectivity index (χ1) is 16.6. The lowest BCUT2D eigenvalue weighted by molar-refractivity contribution is -0.142. The van der Waals surface area contributed by atoms with Crippen LogP contribution in [0.15, 0.2) is 46.3 Å². The average molecular weight is 566 g/mol. The van der Waals surface area contributed by atoms with E-state index in [9.17, 15) is 34.8 Å². The highest BCUT2D eigenvalue weighted by molar-refractivity contribution is 7.92. The number of hydrogen-bond acceptors (Lipinski definition) is 8. The summed E-state index contributed by atoms with van der Waals surface area (Å²) in [7, 11) is -8.31. The molecule has 3 aromatic rings. The van der Waals surface area contributed by atoms with Gasteiger partial charge in [-0.1, -0.05) is 23.7 Å². The Bertz CT molecular complexity index is 1550. The molecule has 8 nitrogen and oxygen atoms in total. The van der Waals surface area contributed by atoms with Crippen molar-refractivity contribution in [1.82, 2.24) is 4.98 Å². The van der Waals surface area contributed by atoms with Gasteiger partial charge in [-0.3, -0.25) is 0 Å². The minimum absolute atomic E-state index is 0.0203. The van der Waals surface area contributed by atoms with Crippen LogP contribution in [-0.4, -0.2) is 53.3 Å². The lowest BCUT2D eigenvalue weighted by Crippen LogP contribution is -2.26. The fraction of sp³-hybridized carbons (Fsp3) is 0.273. The van der Waals surface area contributed by atoms with Crippen molar-refractivity contribution in [1.29, 1.82) is 0 Å². The van der Waals surface area contributed by atoms with E-state index in [2.05, 4.69) is 9.72 Å². The van der Waals surface area contributed by atoms with Gasteiger partial charge in [0.2, 0.25) is 0 Å². The number of benzene rings is 2. The highest BCUT2D eigenvalue weighted by Gasteiger charge is 2.49. The quantitative estimate of drug-likeness (QED) is 0.394. The Kier molecular flexibility index (Phi) is 7.59. The number of pyridine rings is 1. The summed E-state index contributed by atoms with van der Waals surface area (Å²) in [5.74, 6) is -0.708. The highest BCUT2D eigenvalue weighted by atomic mass is 35.5. The molecule has 0 saturated heterocycles. The van der Waals surface area contributed by atoms with Crippen molar-refractivity contribution in [3.05, 3.63) is 58.1 Å². The molecular weight excluding hydrogens is 547 g/mol. The van der Waals surface area contributed by atoms with Gasteiger partial charge in [0.1, 0.15) is 5.75 Å². The van der Waals surface area contributed by atoms with Crippen molar-refractivity contribution in [2.75, 3.05) is 20.0 Å². The number of carbonyl (C=O) groups is 1. The molecule has 1 aromatic heterocycles. The topological polar surface area (TPSA) is 117 Å². The molecule has 0 atom stereocenters. The largest absolute Gasteiger partial charge is 0.503 e. The Morgan fingerprint density at radius 1 is 1.06 bits per heavy atom. The molecule has 1 heterocycles. The van der Waals surface area contributed by atoms with Crippen LogP contribution in [0.4, 0.5) is 13.2 Å². The second kappa shape index (κ2) is 9.87. The number of rotatable bonds is 7. The monoisotopic (exact) mass is 565 g/mol. The zero-order valence-corrected chi connectivity index (χ0v) is 21.4. The number of hydrogen-bond donors (Lipinski definition) is 0. The van der Waals surface area contributed by atoms with E-state index in [1.165, 1.54) is 43.3 Å². The van der Waals surface area contributed by atoms with Crippen LogP contribution in [0.5, 0.6) is 5.75 Å². The zero-order valence-electron chi connectivity index (χ0n) is 19.0. The Labute approximate surface area is 209 Å². The zero-order chi connectivity index (χ0) is 27.1. The standard InChI is InChI=1S/C22H19ClF3NO7S2/c1-12-15(10-13-4-6-14(7-5-13)35(3,29)30)21(36(31,32)22(24,25)26)27-20-16(23)8-9-17(19(12)20)34-11-18(28)33-2/h4-9H,10-11H2,1-3H3. The molecule has 0 N–H and O–H groups in total. The number of nitrogens with zero attached hydrogens (tertiary/aromatic N) is 1. The van der Waals surface area contributed by atoms with Crippen molar-refractivity contribution in [3.63, 3.8) is 0 Å². The van der Waals surface area contributed by atoms with E-state index in [1.807, 2.05) is 0 Å². The fourth-order valence-electron chi connectivity index (χ4n) is 3.41. The van der Waals surface area contributed by atoms with Crippen LogP contribution in [0.2, 0.25) is 5.02 Å². The van der Waals surface area contributed by atoms with E-state index in [-0.39, 0.29) is 44.1 Å². The van der Waals surface area contributed by atoms with E-state index in [4.69, 9.17) is 16.3 Å². The molecule has 0 aliphatic heterocycles. The Morgan fingerprint density at radius 3 is 2.19 bits per heavy atom. The van der Waals surface area contributed by atoms with Crippen LogP contribution >= 0.6 is 11.6 Å². The number of methoxy groups -OCH3 is 1. The number of ether oxygens (including phenoxy) is 2. The lowest BCUT2D eigenvalue weighted by Gasteiger charge is -2.19. The molecule has 36 heavy (non-hydrogen) atoms. The number of halogens is 4. The number of fused-ring (bicyclic) bond motifs is 1. The van der Waals surface area contributed by atoms with Gasteiger partial charge in [-0.25, -0.2) is 26.6 Å². The summed E-state index contributed by atoms with van der Waals surface area (Å²) in [6.07, 6.45) is 0.652. The van der Waals surface area contributed by atoms with E-state index < -0.39 is 42.8 Å². The van der Waals surface area contributed by atoms with Gasteiger partial charge < -0.3 is 9.47 Å². The van der Waals surface area contributed by atoms with E-state index in [0.29, 0.717) is 5.56 Å². The van der Waals surface area contributed by atoms with Crippen LogP contribution in [0, 0.1) is 6.92 Å². The summed E-state index contributed by atoms with van der Waals surface area (Å²) < 4.78 is 99.1. The molecule has 3 rings (SSSR count). The van der Waals surface area contributed by atoms with Crippen molar-refractivity contribution in [3.8, 4) is 5.75 Å². The number of aryl methyl sites for hydroxylation is 1. The highest BCUT2D eigenvalue weighted by Crippen LogP contribution is 2.40. The first kappa shape index (κ1) is 27.7. The van der Waals surface area contributed by atoms with Crippen molar-refractivity contribution in [2.45, 2.75) is 28.8 Å². The maximum Gasteiger partial charge on any atom is 0.503 e. The molecule has 14 heteroatoms. The van der Waals surface area contributed by atoms with Gasteiger partial charge in [0, 0.05) is 18.1 Å². The van der Waals surface area contributed by atoms with Crippen LogP contribution in [0.25, 0.3) is 10.9 Å². The molecule has 0 unspecified atom stereocenters. The summed E-state index contributed by atoms with van der Waals surface area (Å²) >= 11 is 6.16. The molecule has 0 radical (unpaired) electrons. The van der Waals surface area contributed by atoms with Gasteiger partial charge >= 0.3 is 11.5 Å². The molecule has 0 spiro atoms. The molecule has 0 aliphatic rings. The van der Waals surface area contributed by atoms with E-state index >= 15 is 0 Å². The average Bonchev–Trinajstić information content (AvgIpc) is 2.79. The fourth-order valence-corrected chi connectivity index (χ4v) is 5.22. The van der Waals surface area contributed by atoms with Crippen LogP contribution < -0.4 is 4.74 Å². The Morgan fingerprint density at radius 2 is 1.67 bits per heavy atom. The SMILES string of the molecule is COC(=O)COc1ccc(Cl)c2nc(S(=O)(=O)C(F)(F)F)c(Cc3ccc(S(C)(=O)=O)cc3)c(C)c12. The third kappa shape index (κ3) is 5.42. The summed E-state index contributed by atoms with van der Waals surface area (Å²) in [5.41, 5.74) is -5.82. The summed E-state index contributed by atoms with van der Waals surface area (Å²) in [6, 6.07) is 7.84. The number of esters is 1. The molecule has 0 bridgehead atoms. The first-order valence-corrected chi connectivity index (χ1v) is 13.7. The number of alkyl halides is 3.